The van der Waals surface area contributed by atoms with Gasteiger partial charge in [-0.05, 0) is 35.4 Å². The van der Waals surface area contributed by atoms with E-state index in [0.29, 0.717) is 16.3 Å². The van der Waals surface area contributed by atoms with Crippen LogP contribution in [0.15, 0.2) is 78.3 Å². The Morgan fingerprint density at radius 3 is 2.37 bits per heavy atom. The summed E-state index contributed by atoms with van der Waals surface area (Å²) < 4.78 is 24.6. The first-order chi connectivity index (χ1) is 12.8. The van der Waals surface area contributed by atoms with E-state index in [-0.39, 0.29) is 10.8 Å². The van der Waals surface area contributed by atoms with Gasteiger partial charge in [0, 0.05) is 34.5 Å². The summed E-state index contributed by atoms with van der Waals surface area (Å²) in [6.07, 6.45) is 4.84. The second-order valence-electron chi connectivity index (χ2n) is 6.46. The molecule has 0 saturated carbocycles. The van der Waals surface area contributed by atoms with E-state index >= 15 is 0 Å². The molecule has 3 nitrogen and oxygen atoms in total. The van der Waals surface area contributed by atoms with E-state index < -0.39 is 9.84 Å². The number of allylic oxidation sites excluding steroid dienone is 1. The van der Waals surface area contributed by atoms with E-state index in [9.17, 15) is 8.42 Å². The van der Waals surface area contributed by atoms with E-state index in [2.05, 4.69) is 11.6 Å². The van der Waals surface area contributed by atoms with Crippen LogP contribution in [0.1, 0.15) is 18.4 Å². The minimum atomic E-state index is -3.40. The van der Waals surface area contributed by atoms with Gasteiger partial charge in [-0.1, -0.05) is 54.9 Å². The number of halogens is 1. The van der Waals surface area contributed by atoms with E-state index in [1.807, 2.05) is 49.4 Å². The smallest absolute Gasteiger partial charge is 0.176 e. The van der Waals surface area contributed by atoms with Crippen molar-refractivity contribution in [3.05, 3.63) is 84.0 Å². The summed E-state index contributed by atoms with van der Waals surface area (Å²) in [6.45, 7) is 5.89. The number of nitrogens with zero attached hydrogens (tertiary/aromatic N) is 1. The molecule has 0 amide bonds. The summed E-state index contributed by atoms with van der Waals surface area (Å²) >= 11 is 6.04. The van der Waals surface area contributed by atoms with Crippen molar-refractivity contribution in [3.63, 3.8) is 0 Å². The van der Waals surface area contributed by atoms with Crippen molar-refractivity contribution in [2.75, 3.05) is 6.26 Å². The summed E-state index contributed by atoms with van der Waals surface area (Å²) in [5, 5.41) is 0.639. The molecule has 0 radical (unpaired) electrons. The Hall–Kier alpha value is -2.43. The molecule has 3 aromatic rings. The van der Waals surface area contributed by atoms with E-state index in [1.165, 1.54) is 6.26 Å². The predicted molar refractivity (Wildman–Crippen MR) is 112 cm³/mol. The third kappa shape index (κ3) is 4.12. The second kappa shape index (κ2) is 7.67. The van der Waals surface area contributed by atoms with Crippen molar-refractivity contribution >= 4 is 21.4 Å². The van der Waals surface area contributed by atoms with Crippen LogP contribution < -0.4 is 0 Å². The molecule has 1 aromatic heterocycles. The standard InChI is InChI=1S/C22H20ClNO2S/c1-4-15(2)17-13-20(16-9-11-18(23)12-10-16)22(24-14-17)19-7-5-6-8-21(19)27(3,25)26/h4-15H,1H2,2-3H3. The van der Waals surface area contributed by atoms with Crippen LogP contribution in [0.3, 0.4) is 0 Å². The van der Waals surface area contributed by atoms with Crippen LogP contribution in [0.25, 0.3) is 22.4 Å². The van der Waals surface area contributed by atoms with Crippen LogP contribution in [-0.4, -0.2) is 19.7 Å². The van der Waals surface area contributed by atoms with Gasteiger partial charge in [0.25, 0.3) is 0 Å². The monoisotopic (exact) mass is 397 g/mol. The number of aromatic nitrogens is 1. The van der Waals surface area contributed by atoms with Crippen molar-refractivity contribution < 1.29 is 8.42 Å². The third-order valence-corrected chi connectivity index (χ3v) is 5.89. The van der Waals surface area contributed by atoms with Crippen molar-refractivity contribution in [2.24, 2.45) is 0 Å². The van der Waals surface area contributed by atoms with Crippen molar-refractivity contribution in [3.8, 4) is 22.4 Å². The quantitative estimate of drug-likeness (QED) is 0.514. The van der Waals surface area contributed by atoms with Gasteiger partial charge in [-0.15, -0.1) is 6.58 Å². The Labute approximate surface area is 165 Å². The van der Waals surface area contributed by atoms with Crippen molar-refractivity contribution in [1.82, 2.24) is 4.98 Å². The van der Waals surface area contributed by atoms with E-state index in [0.717, 1.165) is 16.7 Å². The molecule has 3 rings (SSSR count). The Bertz CT molecular complexity index is 1090. The number of rotatable bonds is 5. The number of hydrogen-bond donors (Lipinski definition) is 0. The number of hydrogen-bond acceptors (Lipinski definition) is 3. The van der Waals surface area contributed by atoms with Gasteiger partial charge >= 0.3 is 0 Å². The van der Waals surface area contributed by atoms with Crippen LogP contribution in [0.2, 0.25) is 5.02 Å². The molecule has 0 aliphatic carbocycles. The molecule has 1 heterocycles. The molecule has 0 bridgehead atoms. The highest BCUT2D eigenvalue weighted by Crippen LogP contribution is 2.36. The average molecular weight is 398 g/mol. The minimum absolute atomic E-state index is 0.128. The lowest BCUT2D eigenvalue weighted by atomic mass is 9.94. The number of benzene rings is 2. The molecule has 0 aliphatic heterocycles. The fraction of sp³-hybridized carbons (Fsp3) is 0.136. The maximum absolute atomic E-state index is 12.3. The van der Waals surface area contributed by atoms with Gasteiger partial charge in [0.15, 0.2) is 9.84 Å². The normalized spacial score (nSPS) is 12.6. The molecular weight excluding hydrogens is 378 g/mol. The lowest BCUT2D eigenvalue weighted by Gasteiger charge is -2.15. The molecule has 27 heavy (non-hydrogen) atoms. The second-order valence-corrected chi connectivity index (χ2v) is 8.89. The number of pyridine rings is 1. The highest BCUT2D eigenvalue weighted by Gasteiger charge is 2.19. The lowest BCUT2D eigenvalue weighted by molar-refractivity contribution is 0.602. The highest BCUT2D eigenvalue weighted by molar-refractivity contribution is 7.90. The molecule has 1 unspecified atom stereocenters. The van der Waals surface area contributed by atoms with Gasteiger partial charge in [-0.3, -0.25) is 4.98 Å². The van der Waals surface area contributed by atoms with Crippen LogP contribution >= 0.6 is 11.6 Å². The van der Waals surface area contributed by atoms with Gasteiger partial charge in [0.2, 0.25) is 0 Å². The molecule has 2 aromatic carbocycles. The van der Waals surface area contributed by atoms with Gasteiger partial charge in [-0.25, -0.2) is 8.42 Å². The summed E-state index contributed by atoms with van der Waals surface area (Å²) in [4.78, 5) is 4.91. The molecule has 0 N–H and O–H groups in total. The highest BCUT2D eigenvalue weighted by atomic mass is 35.5. The zero-order chi connectivity index (χ0) is 19.6. The maximum atomic E-state index is 12.3. The Balaban J connectivity index is 2.31. The minimum Gasteiger partial charge on any atom is -0.255 e. The SMILES string of the molecule is C=CC(C)c1cnc(-c2ccccc2S(C)(=O)=O)c(-c2ccc(Cl)cc2)c1. The first kappa shape index (κ1) is 19.3. The fourth-order valence-electron chi connectivity index (χ4n) is 2.92. The van der Waals surface area contributed by atoms with Crippen LogP contribution in [0, 0.1) is 0 Å². The first-order valence-corrected chi connectivity index (χ1v) is 10.8. The molecule has 0 saturated heterocycles. The molecule has 0 aliphatic rings. The van der Waals surface area contributed by atoms with Crippen LogP contribution in [0.5, 0.6) is 0 Å². The molecule has 5 heteroatoms. The lowest BCUT2D eigenvalue weighted by Crippen LogP contribution is -2.02. The first-order valence-electron chi connectivity index (χ1n) is 8.49. The molecule has 138 valence electrons. The third-order valence-electron chi connectivity index (χ3n) is 4.49. The summed E-state index contributed by atoms with van der Waals surface area (Å²) in [6, 6.07) is 16.4. The zero-order valence-electron chi connectivity index (χ0n) is 15.2. The molecule has 0 fully saturated rings. The Morgan fingerprint density at radius 1 is 1.07 bits per heavy atom. The fourth-order valence-corrected chi connectivity index (χ4v) is 3.93. The average Bonchev–Trinajstić information content (AvgIpc) is 2.67. The van der Waals surface area contributed by atoms with Crippen LogP contribution in [-0.2, 0) is 9.84 Å². The summed E-state index contributed by atoms with van der Waals surface area (Å²) in [5.41, 5.74) is 3.99. The Kier molecular flexibility index (Phi) is 5.49. The largest absolute Gasteiger partial charge is 0.255 e. The number of sulfone groups is 1. The Morgan fingerprint density at radius 2 is 1.74 bits per heavy atom. The van der Waals surface area contributed by atoms with Crippen molar-refractivity contribution in [1.29, 1.82) is 0 Å². The van der Waals surface area contributed by atoms with Gasteiger partial charge in [0.05, 0.1) is 10.6 Å². The van der Waals surface area contributed by atoms with Gasteiger partial charge < -0.3 is 0 Å². The van der Waals surface area contributed by atoms with Crippen molar-refractivity contribution in [2.45, 2.75) is 17.7 Å². The molecule has 1 atom stereocenters. The summed E-state index contributed by atoms with van der Waals surface area (Å²) in [7, 11) is -3.40. The van der Waals surface area contributed by atoms with Gasteiger partial charge in [0.1, 0.15) is 0 Å². The molecule has 0 spiro atoms. The van der Waals surface area contributed by atoms with E-state index in [4.69, 9.17) is 11.6 Å². The van der Waals surface area contributed by atoms with Crippen LogP contribution in [0.4, 0.5) is 0 Å². The molecular formula is C22H20ClNO2S. The summed E-state index contributed by atoms with van der Waals surface area (Å²) in [5.74, 6) is 0.128. The van der Waals surface area contributed by atoms with E-state index in [1.54, 1.807) is 24.4 Å². The van der Waals surface area contributed by atoms with Gasteiger partial charge in [-0.2, -0.15) is 0 Å². The topological polar surface area (TPSA) is 47.0 Å². The zero-order valence-corrected chi connectivity index (χ0v) is 16.8. The maximum Gasteiger partial charge on any atom is 0.176 e. The predicted octanol–water partition coefficient (Wildman–Crippen LogP) is 5.76.